The van der Waals surface area contributed by atoms with Gasteiger partial charge in [0.2, 0.25) is 0 Å². The average molecular weight is 232 g/mol. The molecule has 2 unspecified atom stereocenters. The summed E-state index contributed by atoms with van der Waals surface area (Å²) in [6, 6.07) is 0. The van der Waals surface area contributed by atoms with Gasteiger partial charge in [0.15, 0.2) is 0 Å². The number of ether oxygens (including phenoxy) is 2. The third-order valence-electron chi connectivity index (χ3n) is 2.31. The number of methoxy groups -OCH3 is 1. The molecule has 1 aliphatic carbocycles. The van der Waals surface area contributed by atoms with Crippen LogP contribution in [-0.4, -0.2) is 37.4 Å². The van der Waals surface area contributed by atoms with Gasteiger partial charge in [0.25, 0.3) is 0 Å². The minimum Gasteiger partial charge on any atom is -0.481 e. The number of aliphatic carboxylic acids is 1. The van der Waals surface area contributed by atoms with Gasteiger partial charge in [-0.2, -0.15) is 0 Å². The van der Waals surface area contributed by atoms with Crippen LogP contribution in [0.5, 0.6) is 0 Å². The molecule has 0 amide bonds. The fraction of sp³-hybridized carbons (Fsp3) is 0.818. The summed E-state index contributed by atoms with van der Waals surface area (Å²) in [5.41, 5.74) is 0. The number of carboxylic acids is 1. The Morgan fingerprint density at radius 3 is 2.25 bits per heavy atom. The van der Waals surface area contributed by atoms with E-state index in [0.717, 1.165) is 12.8 Å². The summed E-state index contributed by atoms with van der Waals surface area (Å²) < 4.78 is 9.22. The number of carboxylic acid groups (broad SMARTS) is 1. The standard InChI is InChI=1S/C9H14O4.C2H6O/c1-6(10)13-8-4-2-3-7(5-8)9(11)12;1-3-2/h7-8H,2-5H2,1H3,(H,11,12);1-2H3. The van der Waals surface area contributed by atoms with Crippen LogP contribution in [0, 0.1) is 5.92 Å². The van der Waals surface area contributed by atoms with Gasteiger partial charge in [0.1, 0.15) is 6.10 Å². The third-order valence-corrected chi connectivity index (χ3v) is 2.31. The summed E-state index contributed by atoms with van der Waals surface area (Å²) in [7, 11) is 3.25. The molecule has 1 saturated carbocycles. The Labute approximate surface area is 95.7 Å². The van der Waals surface area contributed by atoms with Crippen LogP contribution in [0.2, 0.25) is 0 Å². The Bertz CT molecular complexity index is 226. The highest BCUT2D eigenvalue weighted by Gasteiger charge is 2.28. The second-order valence-corrected chi connectivity index (χ2v) is 3.84. The van der Waals surface area contributed by atoms with Gasteiger partial charge < -0.3 is 14.6 Å². The van der Waals surface area contributed by atoms with Gasteiger partial charge in [-0.25, -0.2) is 0 Å². The summed E-state index contributed by atoms with van der Waals surface area (Å²) in [5, 5.41) is 8.75. The van der Waals surface area contributed by atoms with Crippen molar-refractivity contribution < 1.29 is 24.2 Å². The largest absolute Gasteiger partial charge is 0.481 e. The Morgan fingerprint density at radius 1 is 1.25 bits per heavy atom. The fourth-order valence-corrected chi connectivity index (χ4v) is 1.71. The molecule has 94 valence electrons. The third kappa shape index (κ3) is 6.40. The second-order valence-electron chi connectivity index (χ2n) is 3.84. The summed E-state index contributed by atoms with van der Waals surface area (Å²) in [5.74, 6) is -1.44. The Hall–Kier alpha value is -1.10. The molecule has 0 saturated heterocycles. The molecule has 5 nitrogen and oxygen atoms in total. The van der Waals surface area contributed by atoms with Crippen LogP contribution < -0.4 is 0 Å². The number of carbonyl (C=O) groups is 2. The van der Waals surface area contributed by atoms with Crippen molar-refractivity contribution >= 4 is 11.9 Å². The van der Waals surface area contributed by atoms with Crippen molar-refractivity contribution in [3.05, 3.63) is 0 Å². The zero-order chi connectivity index (χ0) is 12.6. The van der Waals surface area contributed by atoms with Crippen molar-refractivity contribution in [3.63, 3.8) is 0 Å². The van der Waals surface area contributed by atoms with E-state index in [1.54, 1.807) is 14.2 Å². The first-order valence-electron chi connectivity index (χ1n) is 5.31. The predicted octanol–water partition coefficient (Wildman–Crippen LogP) is 1.46. The van der Waals surface area contributed by atoms with Crippen LogP contribution in [0.1, 0.15) is 32.6 Å². The lowest BCUT2D eigenvalue weighted by atomic mass is 9.87. The molecule has 0 heterocycles. The summed E-state index contributed by atoms with van der Waals surface area (Å²) >= 11 is 0. The Balaban J connectivity index is 0.000000673. The lowest BCUT2D eigenvalue weighted by molar-refractivity contribution is -0.153. The van der Waals surface area contributed by atoms with Crippen LogP contribution in [0.4, 0.5) is 0 Å². The molecule has 1 rings (SSSR count). The molecule has 0 aromatic heterocycles. The molecule has 0 aliphatic heterocycles. The fourth-order valence-electron chi connectivity index (χ4n) is 1.71. The second kappa shape index (κ2) is 8.10. The van der Waals surface area contributed by atoms with Crippen molar-refractivity contribution in [2.75, 3.05) is 14.2 Å². The molecule has 1 aliphatic rings. The maximum absolute atomic E-state index is 10.6. The van der Waals surface area contributed by atoms with Crippen LogP contribution in [0.25, 0.3) is 0 Å². The summed E-state index contributed by atoms with van der Waals surface area (Å²) in [6.07, 6.45) is 2.60. The van der Waals surface area contributed by atoms with E-state index in [2.05, 4.69) is 4.74 Å². The Kier molecular flexibility index (Phi) is 7.54. The van der Waals surface area contributed by atoms with E-state index < -0.39 is 5.97 Å². The molecule has 1 N–H and O–H groups in total. The molecular formula is C11H20O5. The van der Waals surface area contributed by atoms with Crippen molar-refractivity contribution in [1.82, 2.24) is 0 Å². The number of hydrogen-bond acceptors (Lipinski definition) is 4. The van der Waals surface area contributed by atoms with Crippen LogP contribution in [0.3, 0.4) is 0 Å². The molecule has 16 heavy (non-hydrogen) atoms. The maximum Gasteiger partial charge on any atom is 0.306 e. The van der Waals surface area contributed by atoms with Gasteiger partial charge in [0, 0.05) is 21.1 Å². The van der Waals surface area contributed by atoms with Gasteiger partial charge >= 0.3 is 11.9 Å². The van der Waals surface area contributed by atoms with E-state index in [-0.39, 0.29) is 18.0 Å². The van der Waals surface area contributed by atoms with E-state index >= 15 is 0 Å². The average Bonchev–Trinajstić information content (AvgIpc) is 2.18. The highest BCUT2D eigenvalue weighted by atomic mass is 16.5. The molecule has 0 aromatic rings. The van der Waals surface area contributed by atoms with Gasteiger partial charge in [-0.05, 0) is 25.7 Å². The van der Waals surface area contributed by atoms with Gasteiger partial charge in [-0.1, -0.05) is 0 Å². The number of carbonyl (C=O) groups excluding carboxylic acids is 1. The van der Waals surface area contributed by atoms with E-state index in [1.807, 2.05) is 0 Å². The van der Waals surface area contributed by atoms with Crippen molar-refractivity contribution in [2.24, 2.45) is 5.92 Å². The van der Waals surface area contributed by atoms with Crippen LogP contribution in [-0.2, 0) is 19.1 Å². The zero-order valence-electron chi connectivity index (χ0n) is 10.1. The van der Waals surface area contributed by atoms with Gasteiger partial charge in [-0.15, -0.1) is 0 Å². The first-order valence-corrected chi connectivity index (χ1v) is 5.31. The minimum atomic E-state index is -0.781. The first-order chi connectivity index (χ1) is 7.51. The maximum atomic E-state index is 10.6. The lowest BCUT2D eigenvalue weighted by Gasteiger charge is -2.25. The zero-order valence-corrected chi connectivity index (χ0v) is 10.1. The highest BCUT2D eigenvalue weighted by molar-refractivity contribution is 5.70. The molecule has 0 spiro atoms. The first kappa shape index (κ1) is 14.9. The van der Waals surface area contributed by atoms with Crippen molar-refractivity contribution in [2.45, 2.75) is 38.7 Å². The van der Waals surface area contributed by atoms with Crippen LogP contribution >= 0.6 is 0 Å². The summed E-state index contributed by atoms with van der Waals surface area (Å²) in [6.45, 7) is 1.35. The normalized spacial score (nSPS) is 23.9. The molecule has 0 radical (unpaired) electrons. The molecular weight excluding hydrogens is 212 g/mol. The Morgan fingerprint density at radius 2 is 1.81 bits per heavy atom. The number of hydrogen-bond donors (Lipinski definition) is 1. The molecule has 5 heteroatoms. The monoisotopic (exact) mass is 232 g/mol. The lowest BCUT2D eigenvalue weighted by Crippen LogP contribution is -2.28. The number of rotatable bonds is 2. The smallest absolute Gasteiger partial charge is 0.306 e. The minimum absolute atomic E-state index is 0.188. The predicted molar refractivity (Wildman–Crippen MR) is 58.1 cm³/mol. The van der Waals surface area contributed by atoms with E-state index in [9.17, 15) is 9.59 Å². The van der Waals surface area contributed by atoms with Gasteiger partial charge in [-0.3, -0.25) is 9.59 Å². The molecule has 2 atom stereocenters. The summed E-state index contributed by atoms with van der Waals surface area (Å²) in [4.78, 5) is 21.3. The highest BCUT2D eigenvalue weighted by Crippen LogP contribution is 2.26. The molecule has 0 aromatic carbocycles. The van der Waals surface area contributed by atoms with Gasteiger partial charge in [0.05, 0.1) is 5.92 Å². The van der Waals surface area contributed by atoms with E-state index in [1.165, 1.54) is 6.92 Å². The van der Waals surface area contributed by atoms with E-state index in [0.29, 0.717) is 12.8 Å². The quantitative estimate of drug-likeness (QED) is 0.729. The number of esters is 1. The van der Waals surface area contributed by atoms with Crippen LogP contribution in [0.15, 0.2) is 0 Å². The SMILES string of the molecule is CC(=O)OC1CCCC(C(=O)O)C1.COC. The van der Waals surface area contributed by atoms with Crippen molar-refractivity contribution in [1.29, 1.82) is 0 Å². The van der Waals surface area contributed by atoms with Crippen molar-refractivity contribution in [3.8, 4) is 0 Å². The van der Waals surface area contributed by atoms with E-state index in [4.69, 9.17) is 9.84 Å². The molecule has 0 bridgehead atoms. The topological polar surface area (TPSA) is 72.8 Å². The molecule has 1 fully saturated rings.